The van der Waals surface area contributed by atoms with Crippen LogP contribution >= 0.6 is 22.9 Å². The van der Waals surface area contributed by atoms with Crippen molar-refractivity contribution in [1.82, 2.24) is 4.98 Å². The number of aromatic nitrogens is 1. The van der Waals surface area contributed by atoms with Crippen LogP contribution in [-0.2, 0) is 4.79 Å². The molecule has 120 valence electrons. The molecule has 0 spiro atoms. The smallest absolute Gasteiger partial charge is 0.250 e. The van der Waals surface area contributed by atoms with E-state index < -0.39 is 0 Å². The van der Waals surface area contributed by atoms with Crippen molar-refractivity contribution in [2.24, 2.45) is 0 Å². The highest BCUT2D eigenvalue weighted by Gasteiger charge is 2.10. The van der Waals surface area contributed by atoms with Gasteiger partial charge in [0.25, 0.3) is 0 Å². The summed E-state index contributed by atoms with van der Waals surface area (Å²) in [6.45, 7) is 2.00. The first-order chi connectivity index (χ1) is 11.6. The predicted octanol–water partition coefficient (Wildman–Crippen LogP) is 5.42. The first-order valence-electron chi connectivity index (χ1n) is 7.40. The van der Waals surface area contributed by atoms with E-state index in [1.807, 2.05) is 55.5 Å². The number of thiazole rings is 1. The lowest BCUT2D eigenvalue weighted by atomic mass is 10.1. The van der Waals surface area contributed by atoms with Crippen molar-refractivity contribution in [3.05, 3.63) is 76.1 Å². The number of rotatable bonds is 4. The number of halogens is 1. The average Bonchev–Trinajstić information content (AvgIpc) is 2.95. The maximum absolute atomic E-state index is 12.1. The van der Waals surface area contributed by atoms with E-state index in [0.717, 1.165) is 21.7 Å². The van der Waals surface area contributed by atoms with Gasteiger partial charge in [0.1, 0.15) is 0 Å². The summed E-state index contributed by atoms with van der Waals surface area (Å²) in [5.74, 6) is -0.233. The Morgan fingerprint density at radius 3 is 2.58 bits per heavy atom. The second kappa shape index (κ2) is 7.43. The van der Waals surface area contributed by atoms with Gasteiger partial charge >= 0.3 is 0 Å². The molecule has 0 bridgehead atoms. The van der Waals surface area contributed by atoms with Crippen molar-refractivity contribution < 1.29 is 4.79 Å². The van der Waals surface area contributed by atoms with Crippen molar-refractivity contribution in [3.8, 4) is 11.3 Å². The molecule has 3 nitrogen and oxygen atoms in total. The van der Waals surface area contributed by atoms with Crippen molar-refractivity contribution in [2.45, 2.75) is 6.92 Å². The van der Waals surface area contributed by atoms with E-state index in [1.165, 1.54) is 17.4 Å². The molecule has 1 heterocycles. The van der Waals surface area contributed by atoms with Gasteiger partial charge in [-0.1, -0.05) is 60.1 Å². The Bertz CT molecular complexity index is 887. The lowest BCUT2D eigenvalue weighted by Crippen LogP contribution is -2.07. The molecule has 5 heteroatoms. The lowest BCUT2D eigenvalue weighted by Gasteiger charge is -1.98. The first-order valence-corrected chi connectivity index (χ1v) is 8.59. The minimum atomic E-state index is -0.233. The summed E-state index contributed by atoms with van der Waals surface area (Å²) < 4.78 is 0. The molecule has 2 aromatic carbocycles. The number of carbonyl (C=O) groups is 1. The fraction of sp³-hybridized carbons (Fsp3) is 0.0526. The van der Waals surface area contributed by atoms with Crippen LogP contribution in [0.3, 0.4) is 0 Å². The first kappa shape index (κ1) is 16.4. The van der Waals surface area contributed by atoms with Crippen molar-refractivity contribution in [3.63, 3.8) is 0 Å². The van der Waals surface area contributed by atoms with Gasteiger partial charge in [0, 0.05) is 21.5 Å². The number of aryl methyl sites for hydroxylation is 1. The summed E-state index contributed by atoms with van der Waals surface area (Å²) in [6.07, 6.45) is 3.15. The van der Waals surface area contributed by atoms with Crippen LogP contribution in [0.4, 0.5) is 5.13 Å². The van der Waals surface area contributed by atoms with Crippen LogP contribution in [0.1, 0.15) is 10.4 Å². The van der Waals surface area contributed by atoms with E-state index in [0.29, 0.717) is 10.2 Å². The van der Waals surface area contributed by atoms with Gasteiger partial charge in [-0.25, -0.2) is 4.98 Å². The van der Waals surface area contributed by atoms with Gasteiger partial charge in [0.05, 0.1) is 5.69 Å². The van der Waals surface area contributed by atoms with E-state index in [9.17, 15) is 4.79 Å². The molecule has 24 heavy (non-hydrogen) atoms. The summed E-state index contributed by atoms with van der Waals surface area (Å²) in [5, 5.41) is 3.99. The third kappa shape index (κ3) is 3.91. The number of benzene rings is 2. The number of hydrogen-bond acceptors (Lipinski definition) is 3. The molecule has 0 unspecified atom stereocenters. The van der Waals surface area contributed by atoms with Gasteiger partial charge in [-0.05, 0) is 24.6 Å². The highest BCUT2D eigenvalue weighted by atomic mass is 35.5. The van der Waals surface area contributed by atoms with Gasteiger partial charge < -0.3 is 0 Å². The third-order valence-electron chi connectivity index (χ3n) is 3.39. The number of hydrogen-bond donors (Lipinski definition) is 1. The van der Waals surface area contributed by atoms with Crippen molar-refractivity contribution >= 4 is 40.1 Å². The molecule has 0 fully saturated rings. The summed E-state index contributed by atoms with van der Waals surface area (Å²) in [6, 6.07) is 17.3. The monoisotopic (exact) mass is 354 g/mol. The molecule has 0 atom stereocenters. The van der Waals surface area contributed by atoms with Gasteiger partial charge in [0.15, 0.2) is 5.13 Å². The minimum absolute atomic E-state index is 0.233. The number of amides is 1. The van der Waals surface area contributed by atoms with Crippen LogP contribution in [0.25, 0.3) is 17.3 Å². The van der Waals surface area contributed by atoms with Gasteiger partial charge in [-0.15, -0.1) is 11.3 Å². The highest BCUT2D eigenvalue weighted by molar-refractivity contribution is 7.16. The van der Waals surface area contributed by atoms with Crippen LogP contribution in [0.15, 0.2) is 60.7 Å². The molecule has 1 N–H and O–H groups in total. The van der Waals surface area contributed by atoms with Crippen molar-refractivity contribution in [1.29, 1.82) is 0 Å². The Labute approximate surface area is 149 Å². The number of nitrogens with zero attached hydrogens (tertiary/aromatic N) is 1. The summed E-state index contributed by atoms with van der Waals surface area (Å²) in [5.41, 5.74) is 2.74. The molecule has 0 aliphatic heterocycles. The number of anilines is 1. The zero-order valence-corrected chi connectivity index (χ0v) is 14.6. The van der Waals surface area contributed by atoms with E-state index >= 15 is 0 Å². The van der Waals surface area contributed by atoms with Gasteiger partial charge in [-0.2, -0.15) is 0 Å². The van der Waals surface area contributed by atoms with Crippen LogP contribution in [0.5, 0.6) is 0 Å². The Morgan fingerprint density at radius 1 is 1.12 bits per heavy atom. The number of carbonyl (C=O) groups excluding carboxylic acids is 1. The molecule has 0 saturated heterocycles. The van der Waals surface area contributed by atoms with E-state index in [-0.39, 0.29) is 5.91 Å². The molecule has 3 rings (SSSR count). The second-order valence-electron chi connectivity index (χ2n) is 5.13. The van der Waals surface area contributed by atoms with Crippen molar-refractivity contribution in [2.75, 3.05) is 5.32 Å². The van der Waals surface area contributed by atoms with Crippen LogP contribution in [-0.4, -0.2) is 10.9 Å². The molecule has 0 aliphatic carbocycles. The van der Waals surface area contributed by atoms with Crippen LogP contribution in [0, 0.1) is 6.92 Å². The molecule has 1 amide bonds. The zero-order chi connectivity index (χ0) is 16.9. The fourth-order valence-electron chi connectivity index (χ4n) is 2.24. The standard InChI is InChI=1S/C19H15ClN2OS/c1-13-18(15-8-3-2-4-9-15)22-19(24-13)21-17(23)12-11-14-7-5-6-10-16(14)20/h2-12H,1H3,(H,21,22,23). The summed E-state index contributed by atoms with van der Waals surface area (Å²) in [7, 11) is 0. The third-order valence-corrected chi connectivity index (χ3v) is 4.62. The number of nitrogens with one attached hydrogen (secondary N) is 1. The predicted molar refractivity (Wildman–Crippen MR) is 101 cm³/mol. The lowest BCUT2D eigenvalue weighted by molar-refractivity contribution is -0.111. The molecular formula is C19H15ClN2OS. The SMILES string of the molecule is Cc1sc(NC(=O)C=Cc2ccccc2Cl)nc1-c1ccccc1. The normalized spacial score (nSPS) is 10.9. The van der Waals surface area contributed by atoms with Gasteiger partial charge in [-0.3, -0.25) is 10.1 Å². The molecule has 3 aromatic rings. The highest BCUT2D eigenvalue weighted by Crippen LogP contribution is 2.30. The minimum Gasteiger partial charge on any atom is -0.298 e. The van der Waals surface area contributed by atoms with E-state index in [1.54, 1.807) is 12.1 Å². The quantitative estimate of drug-likeness (QED) is 0.635. The zero-order valence-electron chi connectivity index (χ0n) is 13.0. The second-order valence-corrected chi connectivity index (χ2v) is 6.74. The summed E-state index contributed by atoms with van der Waals surface area (Å²) >= 11 is 7.53. The Balaban J connectivity index is 1.73. The van der Waals surface area contributed by atoms with Crippen LogP contribution in [0.2, 0.25) is 5.02 Å². The molecule has 0 saturated carbocycles. The van der Waals surface area contributed by atoms with Gasteiger partial charge in [0.2, 0.25) is 5.91 Å². The maximum Gasteiger partial charge on any atom is 0.250 e. The largest absolute Gasteiger partial charge is 0.298 e. The Morgan fingerprint density at radius 2 is 1.83 bits per heavy atom. The molecule has 0 aliphatic rings. The maximum atomic E-state index is 12.1. The topological polar surface area (TPSA) is 42.0 Å². The Hall–Kier alpha value is -2.43. The molecule has 1 aromatic heterocycles. The van der Waals surface area contributed by atoms with E-state index in [4.69, 9.17) is 11.6 Å². The Kier molecular flexibility index (Phi) is 5.08. The van der Waals surface area contributed by atoms with Crippen LogP contribution < -0.4 is 5.32 Å². The fourth-order valence-corrected chi connectivity index (χ4v) is 3.27. The van der Waals surface area contributed by atoms with E-state index in [2.05, 4.69) is 10.3 Å². The molecular weight excluding hydrogens is 340 g/mol. The summed E-state index contributed by atoms with van der Waals surface area (Å²) in [4.78, 5) is 17.7. The average molecular weight is 355 g/mol. The molecule has 0 radical (unpaired) electrons.